The predicted molar refractivity (Wildman–Crippen MR) is 138 cm³/mol. The lowest BCUT2D eigenvalue weighted by atomic mass is 10.00. The van der Waals surface area contributed by atoms with E-state index in [0.29, 0.717) is 13.1 Å². The molecule has 2 N–H and O–H groups in total. The third kappa shape index (κ3) is 5.87. The first kappa shape index (κ1) is 23.8. The molecule has 4 aromatic rings. The Bertz CT molecular complexity index is 1130. The average Bonchev–Trinajstić information content (AvgIpc) is 3.48. The van der Waals surface area contributed by atoms with Crippen molar-refractivity contribution >= 4 is 40.7 Å². The van der Waals surface area contributed by atoms with Crippen molar-refractivity contribution in [2.75, 3.05) is 6.54 Å². The number of hydrogen-bond acceptors (Lipinski definition) is 4. The topological polar surface area (TPSA) is 80.3 Å². The van der Waals surface area contributed by atoms with Crippen LogP contribution < -0.4 is 10.6 Å². The molecule has 0 saturated carbocycles. The number of hydrogen-bond donors (Lipinski definition) is 2. The van der Waals surface area contributed by atoms with Crippen molar-refractivity contribution in [1.29, 1.82) is 0 Å². The van der Waals surface area contributed by atoms with E-state index < -0.39 is 0 Å². The summed E-state index contributed by atoms with van der Waals surface area (Å²) in [6, 6.07) is 18.7. The van der Waals surface area contributed by atoms with Crippen LogP contribution in [0.25, 0.3) is 10.8 Å². The third-order valence-corrected chi connectivity index (χ3v) is 5.27. The van der Waals surface area contributed by atoms with Crippen LogP contribution in [0.3, 0.4) is 0 Å². The van der Waals surface area contributed by atoms with Gasteiger partial charge in [0.2, 0.25) is 0 Å². The van der Waals surface area contributed by atoms with Gasteiger partial charge in [-0.15, -0.1) is 34.2 Å². The highest BCUT2D eigenvalue weighted by Crippen LogP contribution is 2.24. The van der Waals surface area contributed by atoms with Crippen LogP contribution in [0.1, 0.15) is 37.0 Å². The minimum Gasteiger partial charge on any atom is -0.467 e. The summed E-state index contributed by atoms with van der Waals surface area (Å²) in [6.07, 6.45) is 4.30. The number of nitrogens with one attached hydrogen (secondary N) is 2. The molecule has 32 heavy (non-hydrogen) atoms. The molecular formula is C24H29IN6O. The fourth-order valence-electron chi connectivity index (χ4n) is 3.66. The minimum atomic E-state index is 0. The molecule has 8 heteroatoms. The highest BCUT2D eigenvalue weighted by Gasteiger charge is 2.12. The number of rotatable bonds is 8. The quantitative estimate of drug-likeness (QED) is 0.191. The Morgan fingerprint density at radius 2 is 1.97 bits per heavy atom. The first-order chi connectivity index (χ1) is 15.2. The lowest BCUT2D eigenvalue weighted by Gasteiger charge is -2.20. The van der Waals surface area contributed by atoms with Crippen LogP contribution in [0.4, 0.5) is 0 Å². The molecule has 7 nitrogen and oxygen atoms in total. The Morgan fingerprint density at radius 3 is 2.78 bits per heavy atom. The molecule has 1 atom stereocenters. The number of nitrogens with zero attached hydrogens (tertiary/aromatic N) is 4. The van der Waals surface area contributed by atoms with E-state index in [9.17, 15) is 0 Å². The number of furan rings is 1. The van der Waals surface area contributed by atoms with Gasteiger partial charge in [-0.25, -0.2) is 4.99 Å². The van der Waals surface area contributed by atoms with E-state index in [1.807, 2.05) is 12.1 Å². The lowest BCUT2D eigenvalue weighted by molar-refractivity contribution is 0.511. The summed E-state index contributed by atoms with van der Waals surface area (Å²) in [5.74, 6) is 2.54. The Morgan fingerprint density at radius 1 is 1.12 bits per heavy atom. The van der Waals surface area contributed by atoms with Crippen molar-refractivity contribution in [2.24, 2.45) is 4.99 Å². The number of aryl methyl sites for hydroxylation is 1. The van der Waals surface area contributed by atoms with Crippen molar-refractivity contribution < 1.29 is 4.42 Å². The fraction of sp³-hybridized carbons (Fsp3) is 0.292. The molecule has 0 bridgehead atoms. The van der Waals surface area contributed by atoms with Gasteiger partial charge in [-0.3, -0.25) is 0 Å². The second kappa shape index (κ2) is 11.7. The molecule has 0 radical (unpaired) electrons. The Labute approximate surface area is 205 Å². The molecule has 0 amide bonds. The predicted octanol–water partition coefficient (Wildman–Crippen LogP) is 4.70. The summed E-state index contributed by atoms with van der Waals surface area (Å²) in [6.45, 7) is 6.17. The molecule has 168 valence electrons. The summed E-state index contributed by atoms with van der Waals surface area (Å²) < 4.78 is 7.50. The maximum atomic E-state index is 5.44. The van der Waals surface area contributed by atoms with Crippen molar-refractivity contribution in [1.82, 2.24) is 25.4 Å². The first-order valence-electron chi connectivity index (χ1n) is 10.7. The second-order valence-electron chi connectivity index (χ2n) is 7.40. The van der Waals surface area contributed by atoms with E-state index in [2.05, 4.69) is 81.7 Å². The van der Waals surface area contributed by atoms with Crippen LogP contribution in [0.5, 0.6) is 0 Å². The van der Waals surface area contributed by atoms with Gasteiger partial charge in [0.1, 0.15) is 24.5 Å². The van der Waals surface area contributed by atoms with Crippen LogP contribution in [-0.2, 0) is 19.5 Å². The van der Waals surface area contributed by atoms with Crippen molar-refractivity contribution in [3.63, 3.8) is 0 Å². The molecule has 4 rings (SSSR count). The largest absolute Gasteiger partial charge is 0.467 e. The van der Waals surface area contributed by atoms with Crippen LogP contribution in [-0.4, -0.2) is 27.3 Å². The van der Waals surface area contributed by atoms with Gasteiger partial charge in [-0.2, -0.15) is 0 Å². The van der Waals surface area contributed by atoms with Crippen LogP contribution in [0, 0.1) is 0 Å². The normalized spacial score (nSPS) is 12.4. The minimum absolute atomic E-state index is 0. The molecule has 0 fully saturated rings. The Balaban J connectivity index is 0.00000289. The molecule has 1 unspecified atom stereocenters. The van der Waals surface area contributed by atoms with Crippen LogP contribution >= 0.6 is 24.0 Å². The van der Waals surface area contributed by atoms with Crippen molar-refractivity contribution in [3.8, 4) is 0 Å². The van der Waals surface area contributed by atoms with Gasteiger partial charge < -0.3 is 19.6 Å². The molecule has 0 aliphatic carbocycles. The number of halogens is 1. The third-order valence-electron chi connectivity index (χ3n) is 5.27. The van der Waals surface area contributed by atoms with Gasteiger partial charge in [-0.1, -0.05) is 49.4 Å². The number of guanidine groups is 1. The Hall–Kier alpha value is -2.88. The molecule has 2 aromatic heterocycles. The van der Waals surface area contributed by atoms with E-state index >= 15 is 0 Å². The Kier molecular flexibility index (Phi) is 8.66. The summed E-state index contributed by atoms with van der Waals surface area (Å²) >= 11 is 0. The zero-order valence-electron chi connectivity index (χ0n) is 18.4. The summed E-state index contributed by atoms with van der Waals surface area (Å²) in [7, 11) is 0. The van der Waals surface area contributed by atoms with E-state index in [1.54, 1.807) is 12.6 Å². The highest BCUT2D eigenvalue weighted by atomic mass is 127. The van der Waals surface area contributed by atoms with E-state index in [0.717, 1.165) is 30.5 Å². The smallest absolute Gasteiger partial charge is 0.192 e. The average molecular weight is 544 g/mol. The van der Waals surface area contributed by atoms with Gasteiger partial charge in [0, 0.05) is 19.5 Å². The molecule has 0 aliphatic heterocycles. The maximum absolute atomic E-state index is 5.44. The van der Waals surface area contributed by atoms with Gasteiger partial charge in [-0.05, 0) is 35.4 Å². The van der Waals surface area contributed by atoms with Gasteiger partial charge in [0.05, 0.1) is 12.3 Å². The van der Waals surface area contributed by atoms with Gasteiger partial charge in [0.15, 0.2) is 5.96 Å². The molecule has 0 saturated heterocycles. The van der Waals surface area contributed by atoms with Crippen molar-refractivity contribution in [3.05, 3.63) is 84.3 Å². The monoisotopic (exact) mass is 544 g/mol. The van der Waals surface area contributed by atoms with E-state index in [-0.39, 0.29) is 30.0 Å². The summed E-state index contributed by atoms with van der Waals surface area (Å²) in [4.78, 5) is 4.73. The summed E-state index contributed by atoms with van der Waals surface area (Å²) in [5, 5.41) is 17.6. The second-order valence-corrected chi connectivity index (χ2v) is 7.40. The molecule has 2 aromatic carbocycles. The number of fused-ring (bicyclic) bond motifs is 1. The fourth-order valence-corrected chi connectivity index (χ4v) is 3.66. The molecule has 0 aliphatic rings. The van der Waals surface area contributed by atoms with Gasteiger partial charge in [0.25, 0.3) is 0 Å². The van der Waals surface area contributed by atoms with E-state index in [1.165, 1.54) is 16.3 Å². The zero-order valence-corrected chi connectivity index (χ0v) is 20.7. The van der Waals surface area contributed by atoms with E-state index in [4.69, 9.17) is 9.41 Å². The molecule has 2 heterocycles. The maximum Gasteiger partial charge on any atom is 0.192 e. The van der Waals surface area contributed by atoms with Gasteiger partial charge >= 0.3 is 0 Å². The van der Waals surface area contributed by atoms with Crippen molar-refractivity contribution in [2.45, 2.75) is 39.4 Å². The molecular weight excluding hydrogens is 515 g/mol. The lowest BCUT2D eigenvalue weighted by Crippen LogP contribution is -2.40. The van der Waals surface area contributed by atoms with Crippen LogP contribution in [0.15, 0.2) is 76.6 Å². The zero-order chi connectivity index (χ0) is 21.5. The van der Waals surface area contributed by atoms with Crippen LogP contribution in [0.2, 0.25) is 0 Å². The number of aliphatic imine (C=N–C) groups is 1. The standard InChI is InChI=1S/C24H28N6O.HI/c1-3-23-29-27-17-30(23)14-13-25-24(26-16-20-10-7-15-31-20)28-18(2)21-12-6-9-19-8-4-5-11-22(19)21;/h4-12,15,17-18H,3,13-14,16H2,1-2H3,(H2,25,26,28);1H. The highest BCUT2D eigenvalue weighted by molar-refractivity contribution is 14.0. The number of aromatic nitrogens is 3. The SMILES string of the molecule is CCc1nncn1CCNC(=NCc1ccco1)NC(C)c1cccc2ccccc12.I. The number of benzene rings is 2. The first-order valence-corrected chi connectivity index (χ1v) is 10.7. The summed E-state index contributed by atoms with van der Waals surface area (Å²) in [5.41, 5.74) is 1.23. The molecule has 0 spiro atoms.